The fourth-order valence-corrected chi connectivity index (χ4v) is 1.93. The van der Waals surface area contributed by atoms with Gasteiger partial charge in [0.25, 0.3) is 5.91 Å². The molecule has 2 rings (SSSR count). The first-order chi connectivity index (χ1) is 7.77. The number of pyridine rings is 1. The summed E-state index contributed by atoms with van der Waals surface area (Å²) in [7, 11) is 2.10. The lowest BCUT2D eigenvalue weighted by atomic mass is 10.2. The van der Waals surface area contributed by atoms with Crippen molar-refractivity contribution in [1.82, 2.24) is 14.8 Å². The highest BCUT2D eigenvalue weighted by Gasteiger charge is 2.18. The van der Waals surface area contributed by atoms with E-state index in [2.05, 4.69) is 16.9 Å². The molecule has 4 heteroatoms. The topological polar surface area (TPSA) is 36.4 Å². The first kappa shape index (κ1) is 11.1. The van der Waals surface area contributed by atoms with Gasteiger partial charge in [0.15, 0.2) is 0 Å². The van der Waals surface area contributed by atoms with Crippen LogP contribution >= 0.6 is 0 Å². The quantitative estimate of drug-likeness (QED) is 0.703. The van der Waals surface area contributed by atoms with Crippen LogP contribution in [0.25, 0.3) is 0 Å². The molecule has 86 valence electrons. The molecule has 4 nitrogen and oxygen atoms in total. The van der Waals surface area contributed by atoms with Gasteiger partial charge in [-0.15, -0.1) is 0 Å². The van der Waals surface area contributed by atoms with Gasteiger partial charge in [0.2, 0.25) is 0 Å². The molecule has 0 radical (unpaired) electrons. The minimum atomic E-state index is 0.123. The molecule has 16 heavy (non-hydrogen) atoms. The molecule has 0 atom stereocenters. The predicted molar refractivity (Wildman–Crippen MR) is 62.3 cm³/mol. The number of nitrogens with zero attached hydrogens (tertiary/aromatic N) is 3. The lowest BCUT2D eigenvalue weighted by Crippen LogP contribution is -2.34. The van der Waals surface area contributed by atoms with E-state index >= 15 is 0 Å². The van der Waals surface area contributed by atoms with E-state index in [1.807, 2.05) is 4.90 Å². The van der Waals surface area contributed by atoms with Crippen LogP contribution < -0.4 is 0 Å². The summed E-state index contributed by atoms with van der Waals surface area (Å²) < 4.78 is 0. The molecule has 1 aromatic rings. The van der Waals surface area contributed by atoms with Gasteiger partial charge in [-0.1, -0.05) is 0 Å². The van der Waals surface area contributed by atoms with E-state index in [1.165, 1.54) is 0 Å². The third-order valence-electron chi connectivity index (χ3n) is 2.93. The Balaban J connectivity index is 2.04. The summed E-state index contributed by atoms with van der Waals surface area (Å²) in [5, 5.41) is 0. The molecule has 0 unspecified atom stereocenters. The summed E-state index contributed by atoms with van der Waals surface area (Å²) in [4.78, 5) is 20.3. The molecule has 2 heterocycles. The highest BCUT2D eigenvalue weighted by molar-refractivity contribution is 5.94. The van der Waals surface area contributed by atoms with Crippen LogP contribution in [-0.4, -0.2) is 53.9 Å². The molecule has 1 amide bonds. The van der Waals surface area contributed by atoms with Gasteiger partial charge in [-0.2, -0.15) is 0 Å². The number of carbonyl (C=O) groups is 1. The Labute approximate surface area is 95.9 Å². The summed E-state index contributed by atoms with van der Waals surface area (Å²) in [6.45, 7) is 3.69. The van der Waals surface area contributed by atoms with Crippen molar-refractivity contribution < 1.29 is 4.79 Å². The van der Waals surface area contributed by atoms with Crippen molar-refractivity contribution in [3.05, 3.63) is 30.1 Å². The monoisotopic (exact) mass is 219 g/mol. The highest BCUT2D eigenvalue weighted by atomic mass is 16.2. The zero-order chi connectivity index (χ0) is 11.4. The van der Waals surface area contributed by atoms with Crippen LogP contribution in [0, 0.1) is 0 Å². The number of rotatable bonds is 1. The average molecular weight is 219 g/mol. The Morgan fingerprint density at radius 2 is 1.94 bits per heavy atom. The van der Waals surface area contributed by atoms with E-state index in [0.717, 1.165) is 38.2 Å². The van der Waals surface area contributed by atoms with Crippen molar-refractivity contribution in [3.8, 4) is 0 Å². The number of carbonyl (C=O) groups excluding carboxylic acids is 1. The first-order valence-electron chi connectivity index (χ1n) is 5.65. The number of hydrogen-bond donors (Lipinski definition) is 0. The zero-order valence-corrected chi connectivity index (χ0v) is 9.59. The van der Waals surface area contributed by atoms with Crippen LogP contribution in [0.5, 0.6) is 0 Å². The lowest BCUT2D eigenvalue weighted by Gasteiger charge is -2.20. The van der Waals surface area contributed by atoms with Crippen LogP contribution in [0.3, 0.4) is 0 Å². The minimum Gasteiger partial charge on any atom is -0.337 e. The maximum atomic E-state index is 12.1. The molecule has 0 N–H and O–H groups in total. The van der Waals surface area contributed by atoms with Crippen molar-refractivity contribution in [1.29, 1.82) is 0 Å². The molecule has 0 bridgehead atoms. The van der Waals surface area contributed by atoms with Gasteiger partial charge in [0.05, 0.1) is 0 Å². The average Bonchev–Trinajstić information content (AvgIpc) is 2.54. The van der Waals surface area contributed by atoms with Crippen LogP contribution in [0.2, 0.25) is 0 Å². The van der Waals surface area contributed by atoms with Crippen molar-refractivity contribution in [3.63, 3.8) is 0 Å². The van der Waals surface area contributed by atoms with E-state index < -0.39 is 0 Å². The van der Waals surface area contributed by atoms with Gasteiger partial charge in [0.1, 0.15) is 0 Å². The third kappa shape index (κ3) is 2.58. The number of likely N-dealkylation sites (N-methyl/N-ethyl adjacent to an activating group) is 1. The molecule has 0 spiro atoms. The second kappa shape index (κ2) is 5.07. The van der Waals surface area contributed by atoms with Gasteiger partial charge in [-0.3, -0.25) is 9.78 Å². The molecule has 1 aromatic heterocycles. The van der Waals surface area contributed by atoms with Gasteiger partial charge in [-0.25, -0.2) is 0 Å². The fourth-order valence-electron chi connectivity index (χ4n) is 1.93. The summed E-state index contributed by atoms with van der Waals surface area (Å²) in [6.07, 6.45) is 4.38. The van der Waals surface area contributed by atoms with Crippen LogP contribution in [-0.2, 0) is 0 Å². The van der Waals surface area contributed by atoms with Gasteiger partial charge >= 0.3 is 0 Å². The maximum Gasteiger partial charge on any atom is 0.254 e. The number of amides is 1. The van der Waals surface area contributed by atoms with Gasteiger partial charge in [-0.05, 0) is 32.1 Å². The summed E-state index contributed by atoms with van der Waals surface area (Å²) in [6, 6.07) is 3.55. The Morgan fingerprint density at radius 1 is 1.19 bits per heavy atom. The van der Waals surface area contributed by atoms with Crippen molar-refractivity contribution in [2.45, 2.75) is 6.42 Å². The van der Waals surface area contributed by atoms with Crippen molar-refractivity contribution in [2.24, 2.45) is 0 Å². The smallest absolute Gasteiger partial charge is 0.254 e. The zero-order valence-electron chi connectivity index (χ0n) is 9.59. The Kier molecular flexibility index (Phi) is 3.51. The largest absolute Gasteiger partial charge is 0.337 e. The second-order valence-electron chi connectivity index (χ2n) is 4.18. The first-order valence-corrected chi connectivity index (χ1v) is 5.65. The molecule has 1 fully saturated rings. The normalized spacial score (nSPS) is 18.2. The number of hydrogen-bond acceptors (Lipinski definition) is 3. The molecular formula is C12H17N3O. The highest BCUT2D eigenvalue weighted by Crippen LogP contribution is 2.07. The number of aromatic nitrogens is 1. The molecule has 0 aromatic carbocycles. The van der Waals surface area contributed by atoms with E-state index in [-0.39, 0.29) is 5.91 Å². The summed E-state index contributed by atoms with van der Waals surface area (Å²) in [5.74, 6) is 0.123. The fraction of sp³-hybridized carbons (Fsp3) is 0.500. The maximum absolute atomic E-state index is 12.1. The lowest BCUT2D eigenvalue weighted by molar-refractivity contribution is 0.0762. The minimum absolute atomic E-state index is 0.123. The molecule has 0 saturated carbocycles. The third-order valence-corrected chi connectivity index (χ3v) is 2.93. The molecule has 0 aliphatic carbocycles. The Morgan fingerprint density at radius 3 is 2.69 bits per heavy atom. The van der Waals surface area contributed by atoms with E-state index in [9.17, 15) is 4.79 Å². The predicted octanol–water partition coefficient (Wildman–Crippen LogP) is 0.859. The Bertz CT molecular complexity index is 353. The SMILES string of the molecule is CN1CCCN(C(=O)c2ccncc2)CC1. The van der Waals surface area contributed by atoms with E-state index in [4.69, 9.17) is 0 Å². The molecule has 1 aliphatic heterocycles. The van der Waals surface area contributed by atoms with Crippen LogP contribution in [0.4, 0.5) is 0 Å². The molecule has 1 aliphatic rings. The van der Waals surface area contributed by atoms with Crippen molar-refractivity contribution in [2.75, 3.05) is 33.2 Å². The van der Waals surface area contributed by atoms with Crippen LogP contribution in [0.1, 0.15) is 16.8 Å². The standard InChI is InChI=1S/C12H17N3O/c1-14-7-2-8-15(10-9-14)12(16)11-3-5-13-6-4-11/h3-6H,2,7-10H2,1H3. The van der Waals surface area contributed by atoms with Crippen LogP contribution in [0.15, 0.2) is 24.5 Å². The van der Waals surface area contributed by atoms with Crippen molar-refractivity contribution >= 4 is 5.91 Å². The molecule has 1 saturated heterocycles. The van der Waals surface area contributed by atoms with E-state index in [1.54, 1.807) is 24.5 Å². The summed E-state index contributed by atoms with van der Waals surface area (Å²) >= 11 is 0. The molecular weight excluding hydrogens is 202 g/mol. The second-order valence-corrected chi connectivity index (χ2v) is 4.18. The summed E-state index contributed by atoms with van der Waals surface area (Å²) in [5.41, 5.74) is 0.736. The van der Waals surface area contributed by atoms with Gasteiger partial charge < -0.3 is 9.80 Å². The Hall–Kier alpha value is -1.42. The van der Waals surface area contributed by atoms with E-state index in [0.29, 0.717) is 0 Å². The van der Waals surface area contributed by atoms with Gasteiger partial charge in [0, 0.05) is 37.6 Å².